The molecule has 0 spiro atoms. The van der Waals surface area contributed by atoms with Crippen LogP contribution in [-0.2, 0) is 16.1 Å². The van der Waals surface area contributed by atoms with Gasteiger partial charge in [-0.2, -0.15) is 0 Å². The zero-order chi connectivity index (χ0) is 30.4. The van der Waals surface area contributed by atoms with Crippen LogP contribution in [0.15, 0.2) is 84.9 Å². The Morgan fingerprint density at radius 1 is 0.977 bits per heavy atom. The zero-order valence-electron chi connectivity index (χ0n) is 25.5. The summed E-state index contributed by atoms with van der Waals surface area (Å²) in [5.41, 5.74) is 4.16. The maximum atomic E-state index is 14.2. The van der Waals surface area contributed by atoms with E-state index in [-0.39, 0.29) is 30.7 Å². The number of aromatic nitrogens is 1. The monoisotopic (exact) mass is 579 g/mol. The van der Waals surface area contributed by atoms with Crippen LogP contribution >= 0.6 is 0 Å². The summed E-state index contributed by atoms with van der Waals surface area (Å²) < 4.78 is 12.0. The fraction of sp³-hybridized carbons (Fsp3) is 0.361. The van der Waals surface area contributed by atoms with E-state index in [2.05, 4.69) is 12.2 Å². The molecule has 1 aliphatic rings. The lowest BCUT2D eigenvalue weighted by Crippen LogP contribution is -2.41. The fourth-order valence-electron chi connectivity index (χ4n) is 5.69. The lowest BCUT2D eigenvalue weighted by molar-refractivity contribution is 0.00882. The average molecular weight is 580 g/mol. The van der Waals surface area contributed by atoms with Crippen LogP contribution < -0.4 is 5.32 Å². The number of carbonyl (C=O) groups is 2. The Kier molecular flexibility index (Phi) is 9.41. The highest BCUT2D eigenvalue weighted by Gasteiger charge is 2.32. The number of nitrogens with one attached hydrogen (secondary N) is 1. The smallest absolute Gasteiger partial charge is 0.410 e. The third-order valence-electron chi connectivity index (χ3n) is 7.74. The first-order valence-corrected chi connectivity index (χ1v) is 15.2. The van der Waals surface area contributed by atoms with Crippen LogP contribution in [-0.4, -0.2) is 46.7 Å². The number of nitrogens with zero attached hydrogens (tertiary/aromatic N) is 2. The van der Waals surface area contributed by atoms with Crippen molar-refractivity contribution in [2.45, 2.75) is 71.2 Å². The van der Waals surface area contributed by atoms with Gasteiger partial charge in [-0.05, 0) is 51.7 Å². The van der Waals surface area contributed by atoms with Gasteiger partial charge in [-0.15, -0.1) is 0 Å². The lowest BCUT2D eigenvalue weighted by Gasteiger charge is -2.28. The standard InChI is InChI=1S/C36H41N3O4/c1-5-30(25-15-8-6-9-16-25)38-34(40)32-28-20-12-13-21-31(28)37-33(26-17-10-7-11-18-26)29(32)24-42-23-27-19-14-22-39(27)35(41)43-36(2,3)4/h6-13,15-18,20-21,27,30H,5,14,19,22-24H2,1-4H3,(H,38,40)/t27-,30-/m0/s1. The number of hydrogen-bond donors (Lipinski definition) is 1. The van der Waals surface area contributed by atoms with Gasteiger partial charge in [0.15, 0.2) is 0 Å². The first-order chi connectivity index (χ1) is 20.7. The first-order valence-electron chi connectivity index (χ1n) is 15.2. The molecule has 224 valence electrons. The van der Waals surface area contributed by atoms with Crippen molar-refractivity contribution < 1.29 is 19.1 Å². The molecule has 7 heteroatoms. The van der Waals surface area contributed by atoms with E-state index in [0.717, 1.165) is 46.9 Å². The molecule has 7 nitrogen and oxygen atoms in total. The predicted octanol–water partition coefficient (Wildman–Crippen LogP) is 7.70. The molecule has 0 unspecified atom stereocenters. The summed E-state index contributed by atoms with van der Waals surface area (Å²) in [6.45, 7) is 8.84. The predicted molar refractivity (Wildman–Crippen MR) is 170 cm³/mol. The van der Waals surface area contributed by atoms with E-state index in [1.54, 1.807) is 4.90 Å². The molecule has 0 radical (unpaired) electrons. The summed E-state index contributed by atoms with van der Waals surface area (Å²) in [5, 5.41) is 4.07. The number of likely N-dealkylation sites (tertiary alicyclic amines) is 1. The molecule has 5 rings (SSSR count). The third kappa shape index (κ3) is 7.23. The van der Waals surface area contributed by atoms with Gasteiger partial charge >= 0.3 is 6.09 Å². The molecule has 43 heavy (non-hydrogen) atoms. The number of fused-ring (bicyclic) bond motifs is 1. The van der Waals surface area contributed by atoms with Crippen LogP contribution in [0.3, 0.4) is 0 Å². The summed E-state index contributed by atoms with van der Waals surface area (Å²) in [4.78, 5) is 33.9. The van der Waals surface area contributed by atoms with Gasteiger partial charge in [0.25, 0.3) is 5.91 Å². The molecule has 1 aromatic heterocycles. The molecule has 1 fully saturated rings. The number of ether oxygens (including phenoxy) is 2. The van der Waals surface area contributed by atoms with Crippen molar-refractivity contribution in [1.82, 2.24) is 15.2 Å². The van der Waals surface area contributed by atoms with Crippen LogP contribution in [0.25, 0.3) is 22.2 Å². The van der Waals surface area contributed by atoms with Gasteiger partial charge in [0, 0.05) is 23.1 Å². The second kappa shape index (κ2) is 13.4. The minimum atomic E-state index is -0.565. The van der Waals surface area contributed by atoms with Crippen molar-refractivity contribution in [2.75, 3.05) is 13.2 Å². The molecule has 3 aromatic carbocycles. The third-order valence-corrected chi connectivity index (χ3v) is 7.74. The summed E-state index contributed by atoms with van der Waals surface area (Å²) in [6.07, 6.45) is 2.16. The summed E-state index contributed by atoms with van der Waals surface area (Å²) >= 11 is 0. The van der Waals surface area contributed by atoms with E-state index in [4.69, 9.17) is 14.5 Å². The minimum absolute atomic E-state index is 0.0942. The van der Waals surface area contributed by atoms with Crippen molar-refractivity contribution in [1.29, 1.82) is 0 Å². The molecule has 0 saturated carbocycles. The van der Waals surface area contributed by atoms with Gasteiger partial charge in [0.2, 0.25) is 0 Å². The maximum Gasteiger partial charge on any atom is 0.410 e. The highest BCUT2D eigenvalue weighted by molar-refractivity contribution is 6.09. The van der Waals surface area contributed by atoms with Gasteiger partial charge in [0.1, 0.15) is 5.60 Å². The Morgan fingerprint density at radius 3 is 2.35 bits per heavy atom. The molecule has 2 heterocycles. The second-order valence-corrected chi connectivity index (χ2v) is 12.0. The Hall–Kier alpha value is -4.23. The van der Waals surface area contributed by atoms with E-state index in [1.807, 2.05) is 106 Å². The SMILES string of the molecule is CC[C@H](NC(=O)c1c(COC[C@@H]2CCCN2C(=O)OC(C)(C)C)c(-c2ccccc2)nc2ccccc12)c1ccccc1. The van der Waals surface area contributed by atoms with Crippen molar-refractivity contribution in [3.05, 3.63) is 102 Å². The van der Waals surface area contributed by atoms with E-state index in [9.17, 15) is 9.59 Å². The molecule has 2 amide bonds. The highest BCUT2D eigenvalue weighted by atomic mass is 16.6. The molecular formula is C36H41N3O4. The van der Waals surface area contributed by atoms with Crippen molar-refractivity contribution >= 4 is 22.9 Å². The van der Waals surface area contributed by atoms with Gasteiger partial charge in [-0.25, -0.2) is 9.78 Å². The number of amides is 2. The quantitative estimate of drug-likeness (QED) is 0.220. The van der Waals surface area contributed by atoms with E-state index >= 15 is 0 Å². The molecule has 1 N–H and O–H groups in total. The average Bonchev–Trinajstić information content (AvgIpc) is 3.48. The largest absolute Gasteiger partial charge is 0.444 e. The number of para-hydroxylation sites is 1. The van der Waals surface area contributed by atoms with Gasteiger partial charge < -0.3 is 19.7 Å². The van der Waals surface area contributed by atoms with E-state index in [0.29, 0.717) is 24.4 Å². The van der Waals surface area contributed by atoms with Gasteiger partial charge in [-0.3, -0.25) is 4.79 Å². The van der Waals surface area contributed by atoms with E-state index in [1.165, 1.54) is 0 Å². The lowest BCUT2D eigenvalue weighted by atomic mass is 9.95. The van der Waals surface area contributed by atoms with Crippen LogP contribution in [0.4, 0.5) is 4.79 Å². The van der Waals surface area contributed by atoms with Crippen molar-refractivity contribution in [3.63, 3.8) is 0 Å². The van der Waals surface area contributed by atoms with Gasteiger partial charge in [-0.1, -0.05) is 85.8 Å². The van der Waals surface area contributed by atoms with Crippen molar-refractivity contribution in [2.24, 2.45) is 0 Å². The Bertz CT molecular complexity index is 1550. The summed E-state index contributed by atoms with van der Waals surface area (Å²) in [7, 11) is 0. The number of rotatable bonds is 9. The zero-order valence-corrected chi connectivity index (χ0v) is 25.5. The topological polar surface area (TPSA) is 80.8 Å². The fourth-order valence-corrected chi connectivity index (χ4v) is 5.69. The molecule has 4 aromatic rings. The minimum Gasteiger partial charge on any atom is -0.444 e. The number of carbonyl (C=O) groups excluding carboxylic acids is 2. The van der Waals surface area contributed by atoms with E-state index < -0.39 is 5.60 Å². The molecule has 1 aliphatic heterocycles. The van der Waals surface area contributed by atoms with Crippen LogP contribution in [0.1, 0.15) is 74.5 Å². The molecule has 0 aliphatic carbocycles. The molecule has 1 saturated heterocycles. The second-order valence-electron chi connectivity index (χ2n) is 12.0. The van der Waals surface area contributed by atoms with Crippen LogP contribution in [0, 0.1) is 0 Å². The number of pyridine rings is 1. The number of benzene rings is 3. The Balaban J connectivity index is 1.49. The highest BCUT2D eigenvalue weighted by Crippen LogP contribution is 2.32. The van der Waals surface area contributed by atoms with Gasteiger partial charge in [0.05, 0.1) is 42.1 Å². The first kappa shape index (κ1) is 30.2. The molecule has 0 bridgehead atoms. The molecular weight excluding hydrogens is 538 g/mol. The van der Waals surface area contributed by atoms with Crippen LogP contribution in [0.5, 0.6) is 0 Å². The normalized spacial score (nSPS) is 15.8. The van der Waals surface area contributed by atoms with Crippen LogP contribution in [0.2, 0.25) is 0 Å². The number of hydrogen-bond acceptors (Lipinski definition) is 5. The summed E-state index contributed by atoms with van der Waals surface area (Å²) in [5.74, 6) is -0.165. The Morgan fingerprint density at radius 2 is 1.65 bits per heavy atom. The Labute approximate surface area is 254 Å². The molecule has 2 atom stereocenters. The van der Waals surface area contributed by atoms with Crippen molar-refractivity contribution in [3.8, 4) is 11.3 Å². The maximum absolute atomic E-state index is 14.2. The summed E-state index contributed by atoms with van der Waals surface area (Å²) in [6, 6.07) is 27.4.